The molecule has 0 saturated heterocycles. The first kappa shape index (κ1) is 12.2. The van der Waals surface area contributed by atoms with E-state index in [4.69, 9.17) is 5.11 Å². The molecule has 0 heterocycles. The quantitative estimate of drug-likeness (QED) is 0.743. The lowest BCUT2D eigenvalue weighted by molar-refractivity contribution is 0.0359. The summed E-state index contributed by atoms with van der Waals surface area (Å²) in [5, 5.41) is 17.9. The zero-order chi connectivity index (χ0) is 10.9. The highest BCUT2D eigenvalue weighted by molar-refractivity contribution is 4.99. The molecule has 1 fully saturated rings. The van der Waals surface area contributed by atoms with Crippen LogP contribution in [0, 0.1) is 5.92 Å². The predicted molar refractivity (Wildman–Crippen MR) is 61.5 cm³/mol. The number of aliphatic hydroxyl groups excluding tert-OH is 2. The van der Waals surface area contributed by atoms with E-state index in [2.05, 4.69) is 0 Å². The van der Waals surface area contributed by atoms with Gasteiger partial charge in [-0.15, -0.1) is 0 Å². The van der Waals surface area contributed by atoms with Crippen molar-refractivity contribution in [1.82, 2.24) is 0 Å². The molecule has 2 nitrogen and oxygen atoms in total. The van der Waals surface area contributed by atoms with E-state index in [0.717, 1.165) is 19.3 Å². The van der Waals surface area contributed by atoms with E-state index in [1.54, 1.807) is 0 Å². The van der Waals surface area contributed by atoms with Crippen LogP contribution < -0.4 is 0 Å². The largest absolute Gasteiger partial charge is 0.396 e. The van der Waals surface area contributed by atoms with E-state index < -0.39 is 0 Å². The summed E-state index contributed by atoms with van der Waals surface area (Å²) in [6.45, 7) is 0.154. The van der Waals surface area contributed by atoms with E-state index in [1.807, 2.05) is 36.4 Å². The summed E-state index contributed by atoms with van der Waals surface area (Å²) in [6.07, 6.45) is 3.94. The maximum Gasteiger partial charge on any atom is 0.0590 e. The van der Waals surface area contributed by atoms with Crippen LogP contribution in [0.1, 0.15) is 25.7 Å². The van der Waals surface area contributed by atoms with Crippen LogP contribution in [0.15, 0.2) is 36.4 Å². The van der Waals surface area contributed by atoms with Gasteiger partial charge < -0.3 is 10.2 Å². The average molecular weight is 208 g/mol. The molecule has 0 spiro atoms. The minimum atomic E-state index is -0.233. The Morgan fingerprint density at radius 1 is 0.867 bits per heavy atom. The molecule has 1 saturated carbocycles. The van der Waals surface area contributed by atoms with Crippen LogP contribution in [-0.2, 0) is 0 Å². The SMILES string of the molecule is OCC1CCCCC1O.c1ccccc1. The van der Waals surface area contributed by atoms with Crippen LogP contribution in [0.3, 0.4) is 0 Å². The lowest BCUT2D eigenvalue weighted by Gasteiger charge is -2.25. The molecule has 1 aliphatic carbocycles. The summed E-state index contributed by atoms with van der Waals surface area (Å²) >= 11 is 0. The Labute approximate surface area is 91.6 Å². The van der Waals surface area contributed by atoms with Gasteiger partial charge in [0.2, 0.25) is 0 Å². The molecular formula is C13H20O2. The Morgan fingerprint density at radius 2 is 1.33 bits per heavy atom. The second kappa shape index (κ2) is 7.43. The lowest BCUT2D eigenvalue weighted by Crippen LogP contribution is -2.26. The van der Waals surface area contributed by atoms with E-state index in [1.165, 1.54) is 6.42 Å². The molecule has 0 aromatic heterocycles. The third kappa shape index (κ3) is 4.96. The molecule has 1 aromatic rings. The molecule has 0 bridgehead atoms. The highest BCUT2D eigenvalue weighted by Crippen LogP contribution is 2.23. The van der Waals surface area contributed by atoms with E-state index in [-0.39, 0.29) is 18.6 Å². The zero-order valence-electron chi connectivity index (χ0n) is 9.05. The maximum absolute atomic E-state index is 9.21. The summed E-state index contributed by atoms with van der Waals surface area (Å²) in [5.41, 5.74) is 0. The van der Waals surface area contributed by atoms with Crippen LogP contribution in [0.4, 0.5) is 0 Å². The van der Waals surface area contributed by atoms with Gasteiger partial charge in [-0.25, -0.2) is 0 Å². The van der Waals surface area contributed by atoms with Gasteiger partial charge in [0.05, 0.1) is 6.10 Å². The van der Waals surface area contributed by atoms with Gasteiger partial charge in [-0.2, -0.15) is 0 Å². The van der Waals surface area contributed by atoms with Crippen LogP contribution in [0.2, 0.25) is 0 Å². The fraction of sp³-hybridized carbons (Fsp3) is 0.538. The summed E-state index contributed by atoms with van der Waals surface area (Å²) in [7, 11) is 0. The van der Waals surface area contributed by atoms with Gasteiger partial charge in [0.25, 0.3) is 0 Å². The molecule has 2 N–H and O–H groups in total. The van der Waals surface area contributed by atoms with Gasteiger partial charge in [0, 0.05) is 12.5 Å². The van der Waals surface area contributed by atoms with Gasteiger partial charge in [0.1, 0.15) is 0 Å². The molecular weight excluding hydrogens is 188 g/mol. The van der Waals surface area contributed by atoms with Crippen molar-refractivity contribution < 1.29 is 10.2 Å². The Bertz CT molecular complexity index is 209. The van der Waals surface area contributed by atoms with Crippen molar-refractivity contribution in [2.45, 2.75) is 31.8 Å². The summed E-state index contributed by atoms with van der Waals surface area (Å²) < 4.78 is 0. The van der Waals surface area contributed by atoms with E-state index >= 15 is 0 Å². The van der Waals surface area contributed by atoms with Crippen molar-refractivity contribution in [3.05, 3.63) is 36.4 Å². The van der Waals surface area contributed by atoms with Gasteiger partial charge in [-0.05, 0) is 12.8 Å². The summed E-state index contributed by atoms with van der Waals surface area (Å²) in [6, 6.07) is 12.0. The molecule has 2 atom stereocenters. The fourth-order valence-corrected chi connectivity index (χ4v) is 1.79. The van der Waals surface area contributed by atoms with Gasteiger partial charge in [0.15, 0.2) is 0 Å². The smallest absolute Gasteiger partial charge is 0.0590 e. The standard InChI is InChI=1S/C7H14O2.C6H6/c8-5-6-3-1-2-4-7(6)9;1-2-4-6-5-3-1/h6-9H,1-5H2;1-6H. The molecule has 1 aromatic carbocycles. The number of rotatable bonds is 1. The molecule has 0 amide bonds. The highest BCUT2D eigenvalue weighted by atomic mass is 16.3. The Morgan fingerprint density at radius 3 is 1.67 bits per heavy atom. The molecule has 2 rings (SSSR count). The minimum absolute atomic E-state index is 0.154. The van der Waals surface area contributed by atoms with Gasteiger partial charge in [-0.3, -0.25) is 0 Å². The third-order valence-corrected chi connectivity index (χ3v) is 2.77. The van der Waals surface area contributed by atoms with Crippen molar-refractivity contribution in [3.8, 4) is 0 Å². The zero-order valence-corrected chi connectivity index (χ0v) is 9.05. The van der Waals surface area contributed by atoms with Crippen LogP contribution in [0.25, 0.3) is 0 Å². The second-order valence-corrected chi connectivity index (χ2v) is 3.95. The number of hydrogen-bond donors (Lipinski definition) is 2. The second-order valence-electron chi connectivity index (χ2n) is 3.95. The topological polar surface area (TPSA) is 40.5 Å². The van der Waals surface area contributed by atoms with Gasteiger partial charge >= 0.3 is 0 Å². The molecule has 15 heavy (non-hydrogen) atoms. The summed E-state index contributed by atoms with van der Waals surface area (Å²) in [4.78, 5) is 0. The Balaban J connectivity index is 0.000000162. The molecule has 2 unspecified atom stereocenters. The fourth-order valence-electron chi connectivity index (χ4n) is 1.79. The number of aliphatic hydroxyl groups is 2. The highest BCUT2D eigenvalue weighted by Gasteiger charge is 2.21. The number of benzene rings is 1. The number of hydrogen-bond acceptors (Lipinski definition) is 2. The van der Waals surface area contributed by atoms with Crippen molar-refractivity contribution >= 4 is 0 Å². The van der Waals surface area contributed by atoms with Crippen molar-refractivity contribution in [2.24, 2.45) is 5.92 Å². The predicted octanol–water partition coefficient (Wildman–Crippen LogP) is 2.22. The minimum Gasteiger partial charge on any atom is -0.396 e. The molecule has 2 heteroatoms. The molecule has 1 aliphatic rings. The van der Waals surface area contributed by atoms with Gasteiger partial charge in [-0.1, -0.05) is 49.2 Å². The lowest BCUT2D eigenvalue weighted by atomic mass is 9.87. The first-order valence-corrected chi connectivity index (χ1v) is 5.63. The van der Waals surface area contributed by atoms with E-state index in [0.29, 0.717) is 0 Å². The third-order valence-electron chi connectivity index (χ3n) is 2.77. The van der Waals surface area contributed by atoms with E-state index in [9.17, 15) is 5.11 Å². The first-order valence-electron chi connectivity index (χ1n) is 5.63. The van der Waals surface area contributed by atoms with Crippen molar-refractivity contribution in [2.75, 3.05) is 6.61 Å². The van der Waals surface area contributed by atoms with Crippen LogP contribution >= 0.6 is 0 Å². The Kier molecular flexibility index (Phi) is 6.05. The Hall–Kier alpha value is -0.860. The molecule has 84 valence electrons. The molecule has 0 aliphatic heterocycles. The first-order chi connectivity index (χ1) is 7.34. The average Bonchev–Trinajstić information content (AvgIpc) is 2.33. The monoisotopic (exact) mass is 208 g/mol. The normalized spacial score (nSPS) is 25.2. The summed E-state index contributed by atoms with van der Waals surface area (Å²) in [5.74, 6) is 0.166. The van der Waals surface area contributed by atoms with Crippen LogP contribution in [0.5, 0.6) is 0 Å². The van der Waals surface area contributed by atoms with Crippen molar-refractivity contribution in [1.29, 1.82) is 0 Å². The van der Waals surface area contributed by atoms with Crippen LogP contribution in [-0.4, -0.2) is 22.9 Å². The maximum atomic E-state index is 9.21. The molecule has 0 radical (unpaired) electrons. The van der Waals surface area contributed by atoms with Crippen molar-refractivity contribution in [3.63, 3.8) is 0 Å².